The van der Waals surface area contributed by atoms with Crippen molar-refractivity contribution in [3.05, 3.63) is 59.2 Å². The van der Waals surface area contributed by atoms with E-state index in [-0.39, 0.29) is 28.5 Å². The molecule has 1 aliphatic rings. The lowest BCUT2D eigenvalue weighted by atomic mass is 10.1. The van der Waals surface area contributed by atoms with Crippen LogP contribution in [0, 0.1) is 0 Å². The number of nitrogens with zero attached hydrogens (tertiary/aromatic N) is 1. The number of sulfonamides is 1. The molecule has 3 rings (SSSR count). The lowest BCUT2D eigenvalue weighted by Gasteiger charge is -2.21. The van der Waals surface area contributed by atoms with Gasteiger partial charge >= 0.3 is 0 Å². The molecule has 1 heterocycles. The first-order valence-electron chi connectivity index (χ1n) is 8.59. The zero-order valence-electron chi connectivity index (χ0n) is 15.4. The highest BCUT2D eigenvalue weighted by Gasteiger charge is 2.29. The molecule has 2 N–H and O–H groups in total. The molecule has 0 radical (unpaired) electrons. The maximum Gasteiger partial charge on any atom is 0.261 e. The first kappa shape index (κ1) is 19.6. The summed E-state index contributed by atoms with van der Waals surface area (Å²) in [4.78, 5) is 36.6. The average Bonchev–Trinajstić information content (AvgIpc) is 2.94. The normalized spacial score (nSPS) is 13.1. The van der Waals surface area contributed by atoms with E-state index in [1.807, 2.05) is 6.92 Å². The van der Waals surface area contributed by atoms with E-state index < -0.39 is 21.8 Å². The minimum Gasteiger partial charge on any atom is -0.339 e. The Morgan fingerprint density at radius 1 is 1.07 bits per heavy atom. The number of carbonyl (C=O) groups is 3. The molecule has 2 aromatic carbocycles. The van der Waals surface area contributed by atoms with Gasteiger partial charge in [-0.25, -0.2) is 8.42 Å². The van der Waals surface area contributed by atoms with Crippen molar-refractivity contribution in [2.24, 2.45) is 0 Å². The van der Waals surface area contributed by atoms with Gasteiger partial charge in [-0.2, -0.15) is 0 Å². The molecule has 28 heavy (non-hydrogen) atoms. The van der Waals surface area contributed by atoms with Gasteiger partial charge in [0, 0.05) is 20.0 Å². The van der Waals surface area contributed by atoms with Crippen LogP contribution in [0.15, 0.2) is 47.4 Å². The molecule has 0 atom stereocenters. The third-order valence-corrected chi connectivity index (χ3v) is 5.83. The van der Waals surface area contributed by atoms with E-state index in [1.165, 1.54) is 25.1 Å². The standard InChI is InChI=1S/C19H19N3O5S/c1-3-22(12(2)23)11-13-6-4-5-7-17(13)21-28(26,27)14-8-9-15-16(10-14)19(25)20-18(15)24/h4-10,21H,3,11H2,1-2H3,(H,20,24,25). The molecule has 0 fully saturated rings. The molecule has 9 heteroatoms. The second kappa shape index (κ2) is 7.43. The summed E-state index contributed by atoms with van der Waals surface area (Å²) in [7, 11) is -4.01. The fraction of sp³-hybridized carbons (Fsp3) is 0.211. The number of anilines is 1. The van der Waals surface area contributed by atoms with Crippen LogP contribution in [-0.4, -0.2) is 37.6 Å². The van der Waals surface area contributed by atoms with E-state index in [9.17, 15) is 22.8 Å². The van der Waals surface area contributed by atoms with E-state index >= 15 is 0 Å². The Labute approximate surface area is 162 Å². The van der Waals surface area contributed by atoms with Crippen molar-refractivity contribution in [3.63, 3.8) is 0 Å². The van der Waals surface area contributed by atoms with Crippen molar-refractivity contribution in [1.82, 2.24) is 10.2 Å². The first-order chi connectivity index (χ1) is 13.2. The van der Waals surface area contributed by atoms with Gasteiger partial charge in [0.15, 0.2) is 0 Å². The second-order valence-electron chi connectivity index (χ2n) is 6.29. The quantitative estimate of drug-likeness (QED) is 0.716. The van der Waals surface area contributed by atoms with Crippen LogP contribution < -0.4 is 10.0 Å². The Hall–Kier alpha value is -3.20. The summed E-state index contributed by atoms with van der Waals surface area (Å²) in [6, 6.07) is 10.5. The Balaban J connectivity index is 1.92. The van der Waals surface area contributed by atoms with Gasteiger partial charge in [0.05, 0.1) is 21.7 Å². The van der Waals surface area contributed by atoms with Gasteiger partial charge in [0.25, 0.3) is 21.8 Å². The lowest BCUT2D eigenvalue weighted by molar-refractivity contribution is -0.129. The Kier molecular flexibility index (Phi) is 5.19. The van der Waals surface area contributed by atoms with Gasteiger partial charge in [0.2, 0.25) is 5.91 Å². The molecular weight excluding hydrogens is 382 g/mol. The number of amides is 3. The van der Waals surface area contributed by atoms with E-state index in [1.54, 1.807) is 29.2 Å². The summed E-state index contributed by atoms with van der Waals surface area (Å²) < 4.78 is 28.2. The summed E-state index contributed by atoms with van der Waals surface area (Å²) in [5, 5.41) is 2.13. The molecule has 8 nitrogen and oxygen atoms in total. The maximum atomic E-state index is 12.8. The third-order valence-electron chi connectivity index (χ3n) is 4.47. The Morgan fingerprint density at radius 3 is 2.43 bits per heavy atom. The van der Waals surface area contributed by atoms with Crippen LogP contribution >= 0.6 is 0 Å². The zero-order valence-corrected chi connectivity index (χ0v) is 16.2. The molecule has 0 saturated carbocycles. The third kappa shape index (κ3) is 3.74. The number of benzene rings is 2. The highest BCUT2D eigenvalue weighted by atomic mass is 32.2. The molecule has 3 amide bonds. The summed E-state index contributed by atoms with van der Waals surface area (Å²) >= 11 is 0. The van der Waals surface area contributed by atoms with Crippen LogP contribution in [0.5, 0.6) is 0 Å². The molecule has 2 aromatic rings. The van der Waals surface area contributed by atoms with Crippen LogP contribution in [-0.2, 0) is 21.4 Å². The van der Waals surface area contributed by atoms with E-state index in [2.05, 4.69) is 10.0 Å². The van der Waals surface area contributed by atoms with Crippen molar-refractivity contribution < 1.29 is 22.8 Å². The summed E-state index contributed by atoms with van der Waals surface area (Å²) in [5.41, 5.74) is 1.14. The zero-order chi connectivity index (χ0) is 20.5. The topological polar surface area (TPSA) is 113 Å². The smallest absolute Gasteiger partial charge is 0.261 e. The van der Waals surface area contributed by atoms with E-state index in [4.69, 9.17) is 0 Å². The number of carbonyl (C=O) groups excluding carboxylic acids is 3. The fourth-order valence-corrected chi connectivity index (χ4v) is 4.05. The summed E-state index contributed by atoms with van der Waals surface area (Å²) in [6.07, 6.45) is 0. The highest BCUT2D eigenvalue weighted by Crippen LogP contribution is 2.24. The molecule has 0 aliphatic carbocycles. The number of para-hydroxylation sites is 1. The van der Waals surface area contributed by atoms with Gasteiger partial charge in [-0.05, 0) is 36.8 Å². The monoisotopic (exact) mass is 401 g/mol. The highest BCUT2D eigenvalue weighted by molar-refractivity contribution is 7.92. The molecule has 0 saturated heterocycles. The summed E-state index contributed by atoms with van der Waals surface area (Å²) in [6.45, 7) is 4.04. The van der Waals surface area contributed by atoms with Crippen molar-refractivity contribution >= 4 is 33.4 Å². The van der Waals surface area contributed by atoms with Gasteiger partial charge in [0.1, 0.15) is 0 Å². The largest absolute Gasteiger partial charge is 0.339 e. The van der Waals surface area contributed by atoms with E-state index in [0.717, 1.165) is 0 Å². The minimum atomic E-state index is -4.01. The van der Waals surface area contributed by atoms with Crippen molar-refractivity contribution in [2.75, 3.05) is 11.3 Å². The van der Waals surface area contributed by atoms with Crippen molar-refractivity contribution in [2.45, 2.75) is 25.3 Å². The van der Waals surface area contributed by atoms with Crippen LogP contribution in [0.25, 0.3) is 0 Å². The number of hydrogen-bond acceptors (Lipinski definition) is 5. The number of imide groups is 1. The van der Waals surface area contributed by atoms with Gasteiger partial charge in [-0.15, -0.1) is 0 Å². The van der Waals surface area contributed by atoms with Crippen LogP contribution in [0.1, 0.15) is 40.1 Å². The number of nitrogens with one attached hydrogen (secondary N) is 2. The van der Waals surface area contributed by atoms with Gasteiger partial charge in [-0.3, -0.25) is 24.4 Å². The minimum absolute atomic E-state index is 0.0231. The number of hydrogen-bond donors (Lipinski definition) is 2. The van der Waals surface area contributed by atoms with Gasteiger partial charge < -0.3 is 4.90 Å². The Bertz CT molecular complexity index is 1080. The van der Waals surface area contributed by atoms with Crippen molar-refractivity contribution in [1.29, 1.82) is 0 Å². The van der Waals surface area contributed by atoms with Crippen molar-refractivity contribution in [3.8, 4) is 0 Å². The first-order valence-corrected chi connectivity index (χ1v) is 10.1. The SMILES string of the molecule is CCN(Cc1ccccc1NS(=O)(=O)c1ccc2c(c1)C(=O)NC2=O)C(C)=O. The Morgan fingerprint density at radius 2 is 1.75 bits per heavy atom. The second-order valence-corrected chi connectivity index (χ2v) is 7.97. The lowest BCUT2D eigenvalue weighted by Crippen LogP contribution is -2.28. The molecule has 0 spiro atoms. The molecule has 0 aromatic heterocycles. The van der Waals surface area contributed by atoms with Gasteiger partial charge in [-0.1, -0.05) is 18.2 Å². The van der Waals surface area contributed by atoms with Crippen LogP contribution in [0.4, 0.5) is 5.69 Å². The number of rotatable bonds is 6. The van der Waals surface area contributed by atoms with Crippen LogP contribution in [0.3, 0.4) is 0 Å². The van der Waals surface area contributed by atoms with E-state index in [0.29, 0.717) is 17.8 Å². The molecule has 1 aliphatic heterocycles. The fourth-order valence-electron chi connectivity index (χ4n) is 2.93. The predicted octanol–water partition coefficient (Wildman–Crippen LogP) is 1.74. The summed E-state index contributed by atoms with van der Waals surface area (Å²) in [5.74, 6) is -1.29. The predicted molar refractivity (Wildman–Crippen MR) is 102 cm³/mol. The molecule has 0 unspecified atom stereocenters. The van der Waals surface area contributed by atoms with Crippen LogP contribution in [0.2, 0.25) is 0 Å². The maximum absolute atomic E-state index is 12.8. The molecular formula is C19H19N3O5S. The molecule has 0 bridgehead atoms. The number of fused-ring (bicyclic) bond motifs is 1. The average molecular weight is 401 g/mol. The molecule has 146 valence electrons.